The first-order chi connectivity index (χ1) is 11.2. The van der Waals surface area contributed by atoms with Gasteiger partial charge in [-0.05, 0) is 51.2 Å². The number of nitrogens with zero attached hydrogens (tertiary/aromatic N) is 2. The van der Waals surface area contributed by atoms with Crippen molar-refractivity contribution in [3.05, 3.63) is 18.3 Å². The van der Waals surface area contributed by atoms with Crippen molar-refractivity contribution in [3.8, 4) is 0 Å². The Morgan fingerprint density at radius 1 is 1.30 bits per heavy atom. The van der Waals surface area contributed by atoms with Crippen molar-refractivity contribution in [2.75, 3.05) is 29.9 Å². The van der Waals surface area contributed by atoms with Gasteiger partial charge < -0.3 is 20.3 Å². The predicted molar refractivity (Wildman–Crippen MR) is 90.9 cm³/mol. The third kappa shape index (κ3) is 4.34. The summed E-state index contributed by atoms with van der Waals surface area (Å²) in [7, 11) is 0. The second-order valence-corrected chi connectivity index (χ2v) is 6.39. The van der Waals surface area contributed by atoms with Crippen LogP contribution in [0.2, 0.25) is 0 Å². The van der Waals surface area contributed by atoms with Crippen LogP contribution in [0, 0.1) is 0 Å². The smallest absolute Gasteiger partial charge is 0.319 e. The number of ether oxygens (including phenoxy) is 1. The number of carbonyl (C=O) groups excluding carboxylic acids is 1. The lowest BCUT2D eigenvalue weighted by atomic mass is 10.1. The third-order valence-corrected chi connectivity index (χ3v) is 4.57. The first-order valence-corrected chi connectivity index (χ1v) is 8.62. The number of hydrogen-bond acceptors (Lipinski definition) is 4. The van der Waals surface area contributed by atoms with Gasteiger partial charge in [0.25, 0.3) is 0 Å². The van der Waals surface area contributed by atoms with E-state index in [0.717, 1.165) is 38.4 Å². The zero-order valence-electron chi connectivity index (χ0n) is 13.8. The molecule has 2 N–H and O–H groups in total. The molecule has 6 heteroatoms. The molecule has 2 saturated heterocycles. The van der Waals surface area contributed by atoms with E-state index in [4.69, 9.17) is 4.74 Å². The summed E-state index contributed by atoms with van der Waals surface area (Å²) in [5.41, 5.74) is 0.711. The van der Waals surface area contributed by atoms with Crippen molar-refractivity contribution in [1.82, 2.24) is 10.3 Å². The normalized spacial score (nSPS) is 22.7. The molecule has 3 heterocycles. The quantitative estimate of drug-likeness (QED) is 0.896. The fraction of sp³-hybridized carbons (Fsp3) is 0.647. The SMILES string of the molecule is C[C@H](NC(=O)Nc1ccc(N2CCCCC2)nc1)[C@H]1CCCO1. The zero-order valence-corrected chi connectivity index (χ0v) is 13.8. The average molecular weight is 318 g/mol. The first kappa shape index (κ1) is 16.1. The molecule has 2 fully saturated rings. The number of rotatable bonds is 4. The molecule has 2 atom stereocenters. The number of nitrogens with one attached hydrogen (secondary N) is 2. The van der Waals surface area contributed by atoms with E-state index in [1.165, 1.54) is 19.3 Å². The molecule has 6 nitrogen and oxygen atoms in total. The van der Waals surface area contributed by atoms with Gasteiger partial charge >= 0.3 is 6.03 Å². The van der Waals surface area contributed by atoms with Crippen LogP contribution in [0.5, 0.6) is 0 Å². The number of amides is 2. The van der Waals surface area contributed by atoms with Crippen molar-refractivity contribution in [2.24, 2.45) is 0 Å². The van der Waals surface area contributed by atoms with E-state index in [2.05, 4.69) is 20.5 Å². The Balaban J connectivity index is 1.50. The van der Waals surface area contributed by atoms with Gasteiger partial charge in [-0.25, -0.2) is 9.78 Å². The van der Waals surface area contributed by atoms with Crippen molar-refractivity contribution in [3.63, 3.8) is 0 Å². The maximum absolute atomic E-state index is 12.1. The summed E-state index contributed by atoms with van der Waals surface area (Å²) in [5.74, 6) is 0.989. The molecule has 0 aromatic carbocycles. The summed E-state index contributed by atoms with van der Waals surface area (Å²) in [5, 5.41) is 5.77. The molecule has 3 rings (SSSR count). The predicted octanol–water partition coefficient (Wildman–Crippen LogP) is 2.76. The lowest BCUT2D eigenvalue weighted by molar-refractivity contribution is 0.0868. The van der Waals surface area contributed by atoms with Gasteiger partial charge in [-0.2, -0.15) is 0 Å². The second-order valence-electron chi connectivity index (χ2n) is 6.39. The summed E-state index contributed by atoms with van der Waals surface area (Å²) in [6.45, 7) is 4.91. The molecule has 2 amide bonds. The number of hydrogen-bond donors (Lipinski definition) is 2. The van der Waals surface area contributed by atoms with Crippen molar-refractivity contribution >= 4 is 17.5 Å². The molecule has 2 aliphatic rings. The highest BCUT2D eigenvalue weighted by molar-refractivity contribution is 5.89. The number of carbonyl (C=O) groups is 1. The Hall–Kier alpha value is -1.82. The van der Waals surface area contributed by atoms with Crippen LogP contribution in [0.3, 0.4) is 0 Å². The number of urea groups is 1. The van der Waals surface area contributed by atoms with Crippen LogP contribution in [-0.4, -0.2) is 42.9 Å². The van der Waals surface area contributed by atoms with E-state index in [1.54, 1.807) is 6.20 Å². The summed E-state index contributed by atoms with van der Waals surface area (Å²) >= 11 is 0. The third-order valence-electron chi connectivity index (χ3n) is 4.57. The molecular weight excluding hydrogens is 292 g/mol. The molecule has 0 spiro atoms. The van der Waals surface area contributed by atoms with E-state index >= 15 is 0 Å². The molecule has 0 unspecified atom stereocenters. The maximum Gasteiger partial charge on any atom is 0.319 e. The minimum atomic E-state index is -0.208. The molecule has 0 saturated carbocycles. The standard InChI is InChI=1S/C17H26N4O2/c1-13(15-6-5-11-23-15)19-17(22)20-14-7-8-16(18-12-14)21-9-3-2-4-10-21/h7-8,12-13,15H,2-6,9-11H2,1H3,(H2,19,20,22)/t13-,15+/m0/s1. The van der Waals surface area contributed by atoms with Gasteiger partial charge in [0.2, 0.25) is 0 Å². The summed E-state index contributed by atoms with van der Waals surface area (Å²) < 4.78 is 5.59. The molecule has 0 bridgehead atoms. The number of piperidine rings is 1. The summed E-state index contributed by atoms with van der Waals surface area (Å²) in [6, 6.07) is 3.69. The van der Waals surface area contributed by atoms with Crippen molar-refractivity contribution in [2.45, 2.75) is 51.2 Å². The topological polar surface area (TPSA) is 66.5 Å². The van der Waals surface area contributed by atoms with Gasteiger partial charge in [-0.15, -0.1) is 0 Å². The molecule has 126 valence electrons. The van der Waals surface area contributed by atoms with Crippen molar-refractivity contribution in [1.29, 1.82) is 0 Å². The van der Waals surface area contributed by atoms with E-state index in [9.17, 15) is 4.79 Å². The molecule has 23 heavy (non-hydrogen) atoms. The highest BCUT2D eigenvalue weighted by Gasteiger charge is 2.23. The van der Waals surface area contributed by atoms with E-state index in [0.29, 0.717) is 5.69 Å². The highest BCUT2D eigenvalue weighted by atomic mass is 16.5. The van der Waals surface area contributed by atoms with Crippen LogP contribution in [0.25, 0.3) is 0 Å². The Bertz CT molecular complexity index is 508. The van der Waals surface area contributed by atoms with E-state index in [1.807, 2.05) is 19.1 Å². The van der Waals surface area contributed by atoms with Gasteiger partial charge in [0, 0.05) is 19.7 Å². The Labute approximate surface area is 137 Å². The highest BCUT2D eigenvalue weighted by Crippen LogP contribution is 2.19. The number of aromatic nitrogens is 1. The lowest BCUT2D eigenvalue weighted by Gasteiger charge is -2.27. The molecule has 2 aliphatic heterocycles. The van der Waals surface area contributed by atoms with Crippen LogP contribution in [0.15, 0.2) is 18.3 Å². The largest absolute Gasteiger partial charge is 0.376 e. The van der Waals surface area contributed by atoms with Gasteiger partial charge in [0.05, 0.1) is 24.0 Å². The Morgan fingerprint density at radius 2 is 2.13 bits per heavy atom. The average Bonchev–Trinajstić information content (AvgIpc) is 3.11. The second kappa shape index (κ2) is 7.64. The number of anilines is 2. The Morgan fingerprint density at radius 3 is 2.78 bits per heavy atom. The van der Waals surface area contributed by atoms with E-state index in [-0.39, 0.29) is 18.2 Å². The minimum absolute atomic E-state index is 0.0121. The molecular formula is C17H26N4O2. The summed E-state index contributed by atoms with van der Waals surface area (Å²) in [4.78, 5) is 18.8. The number of pyridine rings is 1. The fourth-order valence-electron chi connectivity index (χ4n) is 3.23. The molecule has 0 radical (unpaired) electrons. The van der Waals surface area contributed by atoms with Crippen molar-refractivity contribution < 1.29 is 9.53 Å². The monoisotopic (exact) mass is 318 g/mol. The van der Waals surface area contributed by atoms with Gasteiger partial charge in [0.1, 0.15) is 5.82 Å². The first-order valence-electron chi connectivity index (χ1n) is 8.62. The zero-order chi connectivity index (χ0) is 16.1. The molecule has 0 aliphatic carbocycles. The van der Waals surface area contributed by atoms with Gasteiger partial charge in [-0.3, -0.25) is 0 Å². The van der Waals surface area contributed by atoms with Crippen LogP contribution in [-0.2, 0) is 4.74 Å². The lowest BCUT2D eigenvalue weighted by Crippen LogP contribution is -2.43. The maximum atomic E-state index is 12.1. The van der Waals surface area contributed by atoms with Crippen LogP contribution >= 0.6 is 0 Å². The minimum Gasteiger partial charge on any atom is -0.376 e. The molecule has 1 aromatic heterocycles. The van der Waals surface area contributed by atoms with E-state index < -0.39 is 0 Å². The molecule has 1 aromatic rings. The van der Waals surface area contributed by atoms with Crippen LogP contribution < -0.4 is 15.5 Å². The van der Waals surface area contributed by atoms with Gasteiger partial charge in [-0.1, -0.05) is 0 Å². The fourth-order valence-corrected chi connectivity index (χ4v) is 3.23. The van der Waals surface area contributed by atoms with Gasteiger partial charge in [0.15, 0.2) is 0 Å². The Kier molecular flexibility index (Phi) is 5.33. The van der Waals surface area contributed by atoms with Crippen LogP contribution in [0.1, 0.15) is 39.0 Å². The van der Waals surface area contributed by atoms with Crippen LogP contribution in [0.4, 0.5) is 16.3 Å². The summed E-state index contributed by atoms with van der Waals surface area (Å²) in [6.07, 6.45) is 7.68.